The Bertz CT molecular complexity index is 298. The molecule has 16 heavy (non-hydrogen) atoms. The van der Waals surface area contributed by atoms with Crippen molar-refractivity contribution in [3.63, 3.8) is 0 Å². The van der Waals surface area contributed by atoms with Crippen molar-refractivity contribution in [3.05, 3.63) is 0 Å². The SMILES string of the molecule is N/C(=N/OC(=O)C(F)(F)F)C(F)(F)N(F)F. The van der Waals surface area contributed by atoms with E-state index < -0.39 is 29.4 Å². The van der Waals surface area contributed by atoms with Crippen LogP contribution < -0.4 is 5.73 Å². The molecule has 0 fully saturated rings. The normalized spacial score (nSPS) is 14.1. The van der Waals surface area contributed by atoms with Gasteiger partial charge >= 0.3 is 18.2 Å². The molecule has 0 aliphatic rings. The molecule has 0 rings (SSSR count). The van der Waals surface area contributed by atoms with Gasteiger partial charge in [-0.25, -0.2) is 4.79 Å². The molecule has 2 N–H and O–H groups in total. The minimum absolute atomic E-state index is 1.74. The van der Waals surface area contributed by atoms with E-state index in [1.807, 2.05) is 0 Å². The molecule has 0 aromatic heterocycles. The van der Waals surface area contributed by atoms with Crippen molar-refractivity contribution in [3.8, 4) is 0 Å². The predicted octanol–water partition coefficient (Wildman–Crippen LogP) is 1.03. The zero-order valence-electron chi connectivity index (χ0n) is 6.93. The van der Waals surface area contributed by atoms with Crippen LogP contribution in [0.4, 0.5) is 30.9 Å². The molecule has 0 bridgehead atoms. The standard InChI is InChI=1S/C4H2F7N3O2/c5-3(6,7)2(15)16-13-1(12)4(8,9)14(10)11/h(H2,12,13). The maximum atomic E-state index is 12.1. The summed E-state index contributed by atoms with van der Waals surface area (Å²) >= 11 is 0. The molecule has 12 heteroatoms. The van der Waals surface area contributed by atoms with Crippen molar-refractivity contribution in [1.82, 2.24) is 5.34 Å². The number of halogens is 7. The van der Waals surface area contributed by atoms with Gasteiger partial charge in [-0.2, -0.15) is 22.0 Å². The molecule has 0 atom stereocenters. The van der Waals surface area contributed by atoms with E-state index in [4.69, 9.17) is 0 Å². The number of carbonyl (C=O) groups excluding carboxylic acids is 1. The van der Waals surface area contributed by atoms with E-state index in [0.29, 0.717) is 0 Å². The summed E-state index contributed by atoms with van der Waals surface area (Å²) in [4.78, 5) is 12.8. The third-order valence-electron chi connectivity index (χ3n) is 0.979. The first-order valence-corrected chi connectivity index (χ1v) is 3.11. The minimum atomic E-state index is -5.51. The Morgan fingerprint density at radius 1 is 1.19 bits per heavy atom. The van der Waals surface area contributed by atoms with Crippen LogP contribution >= 0.6 is 0 Å². The zero-order chi connectivity index (χ0) is 13.1. The van der Waals surface area contributed by atoms with Gasteiger partial charge in [0.05, 0.1) is 5.34 Å². The van der Waals surface area contributed by atoms with Crippen LogP contribution in [-0.4, -0.2) is 29.4 Å². The fourth-order valence-electron chi connectivity index (χ4n) is 0.284. The molecule has 0 aliphatic carbocycles. The first kappa shape index (κ1) is 14.4. The number of carbonyl (C=O) groups is 1. The number of rotatable bonds is 3. The van der Waals surface area contributed by atoms with Crippen molar-refractivity contribution in [2.75, 3.05) is 0 Å². The van der Waals surface area contributed by atoms with Gasteiger partial charge in [0.15, 0.2) is 0 Å². The van der Waals surface area contributed by atoms with E-state index in [2.05, 4.69) is 10.6 Å². The highest BCUT2D eigenvalue weighted by atomic mass is 19.4. The van der Waals surface area contributed by atoms with Crippen LogP contribution in [0.15, 0.2) is 5.16 Å². The van der Waals surface area contributed by atoms with Gasteiger partial charge in [-0.05, 0) is 0 Å². The Balaban J connectivity index is 4.65. The smallest absolute Gasteiger partial charge is 0.378 e. The third-order valence-corrected chi connectivity index (χ3v) is 0.979. The molecule has 5 nitrogen and oxygen atoms in total. The molecule has 94 valence electrons. The molecule has 0 aliphatic heterocycles. The van der Waals surface area contributed by atoms with E-state index >= 15 is 0 Å². The van der Waals surface area contributed by atoms with Gasteiger partial charge in [0.25, 0.3) is 0 Å². The lowest BCUT2D eigenvalue weighted by Gasteiger charge is -2.13. The third kappa shape index (κ3) is 3.52. The molecule has 0 saturated heterocycles. The average molecular weight is 257 g/mol. The van der Waals surface area contributed by atoms with Crippen molar-refractivity contribution in [2.45, 2.75) is 12.2 Å². The molecule has 0 amide bonds. The summed E-state index contributed by atoms with van der Waals surface area (Å²) in [5.41, 5.74) is 4.18. The van der Waals surface area contributed by atoms with Gasteiger partial charge in [-0.15, -0.1) is 0 Å². The number of oxime groups is 1. The highest BCUT2D eigenvalue weighted by molar-refractivity contribution is 5.87. The molecule has 0 aromatic carbocycles. The van der Waals surface area contributed by atoms with E-state index in [-0.39, 0.29) is 0 Å². The molecular formula is C4H2F7N3O2. The summed E-state index contributed by atoms with van der Waals surface area (Å²) in [6, 6.07) is -5.15. The minimum Gasteiger partial charge on any atom is -0.378 e. The summed E-state index contributed by atoms with van der Waals surface area (Å²) < 4.78 is 81.3. The van der Waals surface area contributed by atoms with Gasteiger partial charge < -0.3 is 10.6 Å². The molecule has 0 spiro atoms. The molecule has 0 unspecified atom stereocenters. The quantitative estimate of drug-likeness (QED) is 0.156. The second-order valence-corrected chi connectivity index (χ2v) is 2.13. The van der Waals surface area contributed by atoms with Crippen molar-refractivity contribution in [2.24, 2.45) is 10.9 Å². The van der Waals surface area contributed by atoms with Gasteiger partial charge in [0.2, 0.25) is 5.84 Å². The molecule has 0 heterocycles. The van der Waals surface area contributed by atoms with Crippen LogP contribution in [0.1, 0.15) is 0 Å². The lowest BCUT2D eigenvalue weighted by atomic mass is 10.5. The highest BCUT2D eigenvalue weighted by Crippen LogP contribution is 2.21. The second-order valence-electron chi connectivity index (χ2n) is 2.13. The van der Waals surface area contributed by atoms with Crippen molar-refractivity contribution in [1.29, 1.82) is 0 Å². The van der Waals surface area contributed by atoms with Crippen LogP contribution in [-0.2, 0) is 9.63 Å². The second kappa shape index (κ2) is 4.51. The topological polar surface area (TPSA) is 67.9 Å². The van der Waals surface area contributed by atoms with Crippen molar-refractivity contribution < 1.29 is 40.5 Å². The van der Waals surface area contributed by atoms with E-state index in [1.165, 1.54) is 0 Å². The summed E-state index contributed by atoms with van der Waals surface area (Å²) in [6.07, 6.45) is -5.51. The molecule has 0 saturated carbocycles. The number of nitrogens with zero attached hydrogens (tertiary/aromatic N) is 2. The number of alkyl halides is 5. The molecule has 0 aromatic rings. The monoisotopic (exact) mass is 257 g/mol. The number of amidine groups is 1. The average Bonchev–Trinajstić information content (AvgIpc) is 2.11. The Hall–Kier alpha value is -1.59. The van der Waals surface area contributed by atoms with Crippen LogP contribution in [0.5, 0.6) is 0 Å². The first-order chi connectivity index (χ1) is 6.99. The van der Waals surface area contributed by atoms with Crippen LogP contribution in [0.25, 0.3) is 0 Å². The summed E-state index contributed by atoms with van der Waals surface area (Å²) in [5, 5.41) is -0.978. The van der Waals surface area contributed by atoms with E-state index in [9.17, 15) is 35.7 Å². The van der Waals surface area contributed by atoms with Crippen molar-refractivity contribution >= 4 is 11.8 Å². The van der Waals surface area contributed by atoms with Gasteiger partial charge in [-0.1, -0.05) is 14.1 Å². The first-order valence-electron chi connectivity index (χ1n) is 3.11. The highest BCUT2D eigenvalue weighted by Gasteiger charge is 2.46. The molecular weight excluding hydrogens is 255 g/mol. The number of nitrogens with two attached hydrogens (primary N) is 1. The Morgan fingerprint density at radius 2 is 1.62 bits per heavy atom. The van der Waals surface area contributed by atoms with Crippen LogP contribution in [0.3, 0.4) is 0 Å². The van der Waals surface area contributed by atoms with Gasteiger partial charge in [0, 0.05) is 0 Å². The predicted molar refractivity (Wildman–Crippen MR) is 32.8 cm³/mol. The summed E-state index contributed by atoms with van der Waals surface area (Å²) in [6.45, 7) is 0. The maximum Gasteiger partial charge on any atom is 0.493 e. The van der Waals surface area contributed by atoms with Crippen LogP contribution in [0, 0.1) is 0 Å². The van der Waals surface area contributed by atoms with Gasteiger partial charge in [0.1, 0.15) is 0 Å². The number of hydrogen-bond donors (Lipinski definition) is 1. The van der Waals surface area contributed by atoms with E-state index in [1.54, 1.807) is 5.16 Å². The lowest BCUT2D eigenvalue weighted by Crippen LogP contribution is -2.44. The van der Waals surface area contributed by atoms with E-state index in [0.717, 1.165) is 0 Å². The Kier molecular flexibility index (Phi) is 4.06. The number of hydrogen-bond acceptors (Lipinski definition) is 4. The van der Waals surface area contributed by atoms with Gasteiger partial charge in [-0.3, -0.25) is 0 Å². The fraction of sp³-hybridized carbons (Fsp3) is 0.500. The zero-order valence-corrected chi connectivity index (χ0v) is 6.93. The summed E-state index contributed by atoms with van der Waals surface area (Å²) in [7, 11) is 0. The largest absolute Gasteiger partial charge is 0.493 e. The fourth-order valence-corrected chi connectivity index (χ4v) is 0.284. The van der Waals surface area contributed by atoms with Crippen LogP contribution in [0.2, 0.25) is 0 Å². The summed E-state index contributed by atoms with van der Waals surface area (Å²) in [5.74, 6) is -5.29. The maximum absolute atomic E-state index is 12.1. The molecule has 0 radical (unpaired) electrons. The lowest BCUT2D eigenvalue weighted by molar-refractivity contribution is -0.299. The Labute approximate surface area is 82.1 Å². The Morgan fingerprint density at radius 3 is 1.94 bits per heavy atom.